The fourth-order valence-corrected chi connectivity index (χ4v) is 2.74. The maximum Gasteiger partial charge on any atom is 0.224 e. The Balaban J connectivity index is 1.47. The van der Waals surface area contributed by atoms with Gasteiger partial charge in [0.25, 0.3) is 0 Å². The summed E-state index contributed by atoms with van der Waals surface area (Å²) in [4.78, 5) is 12.0. The van der Waals surface area contributed by atoms with Crippen molar-refractivity contribution in [2.24, 2.45) is 5.92 Å². The Bertz CT molecular complexity index is 620. The van der Waals surface area contributed by atoms with Crippen LogP contribution in [0.15, 0.2) is 54.6 Å². The number of anilines is 1. The van der Waals surface area contributed by atoms with Crippen LogP contribution in [-0.4, -0.2) is 19.0 Å². The Labute approximate surface area is 136 Å². The molecular formula is C19H22N2O2. The highest BCUT2D eigenvalue weighted by atomic mass is 16.5. The SMILES string of the molecule is O=C(CC1CCNC1)Nc1ccc(OCc2ccccc2)cc1. The minimum atomic E-state index is 0.0802. The number of hydrogen-bond acceptors (Lipinski definition) is 3. The molecule has 1 atom stereocenters. The predicted octanol–water partition coefficient (Wildman–Crippen LogP) is 3.20. The number of ether oxygens (including phenoxy) is 1. The number of rotatable bonds is 6. The van der Waals surface area contributed by atoms with Crippen LogP contribution < -0.4 is 15.4 Å². The van der Waals surface area contributed by atoms with Crippen molar-refractivity contribution < 1.29 is 9.53 Å². The largest absolute Gasteiger partial charge is 0.489 e. The van der Waals surface area contributed by atoms with Crippen molar-refractivity contribution in [3.63, 3.8) is 0 Å². The lowest BCUT2D eigenvalue weighted by Crippen LogP contribution is -2.18. The Morgan fingerprint density at radius 2 is 1.91 bits per heavy atom. The summed E-state index contributed by atoms with van der Waals surface area (Å²) in [6.45, 7) is 2.51. The van der Waals surface area contributed by atoms with Crippen molar-refractivity contribution in [3.05, 3.63) is 60.2 Å². The van der Waals surface area contributed by atoms with Gasteiger partial charge in [-0.2, -0.15) is 0 Å². The first kappa shape index (κ1) is 15.6. The Morgan fingerprint density at radius 3 is 2.61 bits per heavy atom. The van der Waals surface area contributed by atoms with Crippen LogP contribution in [0.3, 0.4) is 0 Å². The fraction of sp³-hybridized carbons (Fsp3) is 0.316. The molecule has 4 heteroatoms. The molecule has 1 aliphatic rings. The quantitative estimate of drug-likeness (QED) is 0.861. The molecule has 1 amide bonds. The highest BCUT2D eigenvalue weighted by molar-refractivity contribution is 5.90. The average molecular weight is 310 g/mol. The molecule has 1 aliphatic heterocycles. The van der Waals surface area contributed by atoms with Gasteiger partial charge in [-0.3, -0.25) is 4.79 Å². The van der Waals surface area contributed by atoms with Crippen LogP contribution in [0, 0.1) is 5.92 Å². The highest BCUT2D eigenvalue weighted by Crippen LogP contribution is 2.18. The van der Waals surface area contributed by atoms with Crippen molar-refractivity contribution in [3.8, 4) is 5.75 Å². The van der Waals surface area contributed by atoms with E-state index < -0.39 is 0 Å². The summed E-state index contributed by atoms with van der Waals surface area (Å²) in [7, 11) is 0. The first-order chi connectivity index (χ1) is 11.3. The third-order valence-electron chi connectivity index (χ3n) is 4.02. The van der Waals surface area contributed by atoms with E-state index in [1.54, 1.807) is 0 Å². The molecule has 1 unspecified atom stereocenters. The smallest absolute Gasteiger partial charge is 0.224 e. The molecule has 0 saturated carbocycles. The molecule has 1 heterocycles. The van der Waals surface area contributed by atoms with Gasteiger partial charge >= 0.3 is 0 Å². The zero-order valence-corrected chi connectivity index (χ0v) is 13.1. The Hall–Kier alpha value is -2.33. The molecule has 0 bridgehead atoms. The minimum absolute atomic E-state index is 0.0802. The molecule has 0 radical (unpaired) electrons. The lowest BCUT2D eigenvalue weighted by molar-refractivity contribution is -0.116. The van der Waals surface area contributed by atoms with E-state index in [4.69, 9.17) is 4.74 Å². The molecule has 4 nitrogen and oxygen atoms in total. The molecule has 2 N–H and O–H groups in total. The standard InChI is InChI=1S/C19H22N2O2/c22-19(12-16-10-11-20-13-16)21-17-6-8-18(9-7-17)23-14-15-4-2-1-3-5-15/h1-9,16,20H,10-14H2,(H,21,22). The van der Waals surface area contributed by atoms with E-state index in [-0.39, 0.29) is 5.91 Å². The van der Waals surface area contributed by atoms with Crippen molar-refractivity contribution in [1.29, 1.82) is 0 Å². The summed E-state index contributed by atoms with van der Waals surface area (Å²) in [6.07, 6.45) is 1.67. The molecule has 0 aliphatic carbocycles. The highest BCUT2D eigenvalue weighted by Gasteiger charge is 2.17. The van der Waals surface area contributed by atoms with Crippen LogP contribution in [0.1, 0.15) is 18.4 Å². The summed E-state index contributed by atoms with van der Waals surface area (Å²) < 4.78 is 5.74. The second-order valence-corrected chi connectivity index (χ2v) is 5.91. The molecule has 3 rings (SSSR count). The van der Waals surface area contributed by atoms with Crippen molar-refractivity contribution >= 4 is 11.6 Å². The molecule has 2 aromatic rings. The van der Waals surface area contributed by atoms with Crippen LogP contribution in [-0.2, 0) is 11.4 Å². The zero-order chi connectivity index (χ0) is 15.9. The van der Waals surface area contributed by atoms with Crippen molar-refractivity contribution in [1.82, 2.24) is 5.32 Å². The second-order valence-electron chi connectivity index (χ2n) is 5.91. The van der Waals surface area contributed by atoms with Gasteiger partial charge in [-0.25, -0.2) is 0 Å². The van der Waals surface area contributed by atoms with Crippen LogP contribution in [0.25, 0.3) is 0 Å². The molecule has 120 valence electrons. The molecule has 1 saturated heterocycles. The number of carbonyl (C=O) groups excluding carboxylic acids is 1. The molecule has 1 fully saturated rings. The molecular weight excluding hydrogens is 288 g/mol. The van der Waals surface area contributed by atoms with Gasteiger partial charge in [-0.05, 0) is 55.3 Å². The van der Waals surface area contributed by atoms with E-state index in [0.717, 1.165) is 36.5 Å². The minimum Gasteiger partial charge on any atom is -0.489 e. The third-order valence-corrected chi connectivity index (χ3v) is 4.02. The van der Waals surface area contributed by atoms with Gasteiger partial charge < -0.3 is 15.4 Å². The first-order valence-electron chi connectivity index (χ1n) is 8.07. The van der Waals surface area contributed by atoms with E-state index in [0.29, 0.717) is 18.9 Å². The molecule has 2 aromatic carbocycles. The molecule has 23 heavy (non-hydrogen) atoms. The predicted molar refractivity (Wildman–Crippen MR) is 91.4 cm³/mol. The second kappa shape index (κ2) is 7.79. The number of nitrogens with one attached hydrogen (secondary N) is 2. The number of hydrogen-bond donors (Lipinski definition) is 2. The summed E-state index contributed by atoms with van der Waals surface area (Å²) >= 11 is 0. The van der Waals surface area contributed by atoms with Gasteiger partial charge in [0.15, 0.2) is 0 Å². The normalized spacial score (nSPS) is 17.0. The molecule has 0 aromatic heterocycles. The van der Waals surface area contributed by atoms with Gasteiger partial charge in [0.2, 0.25) is 5.91 Å². The van der Waals surface area contributed by atoms with Gasteiger partial charge in [-0.1, -0.05) is 30.3 Å². The van der Waals surface area contributed by atoms with Crippen molar-refractivity contribution in [2.45, 2.75) is 19.4 Å². The summed E-state index contributed by atoms with van der Waals surface area (Å²) in [5.41, 5.74) is 1.95. The first-order valence-corrected chi connectivity index (χ1v) is 8.07. The van der Waals surface area contributed by atoms with Crippen LogP contribution in [0.5, 0.6) is 5.75 Å². The van der Waals surface area contributed by atoms with Gasteiger partial charge in [-0.15, -0.1) is 0 Å². The van der Waals surface area contributed by atoms with E-state index in [1.165, 1.54) is 0 Å². The van der Waals surface area contributed by atoms with E-state index in [9.17, 15) is 4.79 Å². The zero-order valence-electron chi connectivity index (χ0n) is 13.1. The van der Waals surface area contributed by atoms with Gasteiger partial charge in [0.05, 0.1) is 0 Å². The Morgan fingerprint density at radius 1 is 1.13 bits per heavy atom. The van der Waals surface area contributed by atoms with Crippen LogP contribution in [0.2, 0.25) is 0 Å². The third kappa shape index (κ3) is 4.83. The van der Waals surface area contributed by atoms with E-state index >= 15 is 0 Å². The number of amides is 1. The summed E-state index contributed by atoms with van der Waals surface area (Å²) in [5.74, 6) is 1.34. The number of carbonyl (C=O) groups is 1. The summed E-state index contributed by atoms with van der Waals surface area (Å²) in [6, 6.07) is 17.6. The maximum absolute atomic E-state index is 12.0. The monoisotopic (exact) mass is 310 g/mol. The topological polar surface area (TPSA) is 50.4 Å². The van der Waals surface area contributed by atoms with Crippen LogP contribution >= 0.6 is 0 Å². The molecule has 0 spiro atoms. The van der Waals surface area contributed by atoms with Crippen molar-refractivity contribution in [2.75, 3.05) is 18.4 Å². The fourth-order valence-electron chi connectivity index (χ4n) is 2.74. The lowest BCUT2D eigenvalue weighted by Gasteiger charge is -2.10. The van der Waals surface area contributed by atoms with E-state index in [2.05, 4.69) is 10.6 Å². The average Bonchev–Trinajstić information content (AvgIpc) is 3.08. The van der Waals surface area contributed by atoms with E-state index in [1.807, 2.05) is 54.6 Å². The lowest BCUT2D eigenvalue weighted by atomic mass is 10.0. The van der Waals surface area contributed by atoms with Gasteiger partial charge in [0, 0.05) is 12.1 Å². The van der Waals surface area contributed by atoms with Gasteiger partial charge in [0.1, 0.15) is 12.4 Å². The maximum atomic E-state index is 12.0. The summed E-state index contributed by atoms with van der Waals surface area (Å²) in [5, 5.41) is 6.23. The number of benzene rings is 2. The van der Waals surface area contributed by atoms with Crippen LogP contribution in [0.4, 0.5) is 5.69 Å². The Kier molecular flexibility index (Phi) is 5.27.